The van der Waals surface area contributed by atoms with Crippen LogP contribution in [0.15, 0.2) is 18.3 Å². The lowest BCUT2D eigenvalue weighted by molar-refractivity contribution is -0.125. The van der Waals surface area contributed by atoms with Crippen molar-refractivity contribution in [2.24, 2.45) is 5.41 Å². The lowest BCUT2D eigenvalue weighted by atomic mass is 10.1. The average molecular weight is 302 g/mol. The molecular weight excluding hydrogens is 285 g/mol. The number of rotatable bonds is 4. The predicted molar refractivity (Wildman–Crippen MR) is 77.6 cm³/mol. The minimum Gasteiger partial charge on any atom is -0.362 e. The molecule has 1 aromatic heterocycles. The van der Waals surface area contributed by atoms with Gasteiger partial charge in [-0.15, -0.1) is 23.2 Å². The van der Waals surface area contributed by atoms with Crippen LogP contribution in [0.5, 0.6) is 0 Å². The van der Waals surface area contributed by atoms with Crippen LogP contribution in [0.1, 0.15) is 18.9 Å². The van der Waals surface area contributed by atoms with Crippen LogP contribution in [0, 0.1) is 5.41 Å². The van der Waals surface area contributed by atoms with Crippen LogP contribution < -0.4 is 10.2 Å². The molecule has 1 N–H and O–H groups in total. The van der Waals surface area contributed by atoms with Crippen molar-refractivity contribution >= 4 is 34.9 Å². The Morgan fingerprint density at radius 1 is 1.53 bits per heavy atom. The minimum atomic E-state index is -0.934. The van der Waals surface area contributed by atoms with Gasteiger partial charge in [-0.2, -0.15) is 0 Å². The zero-order valence-corrected chi connectivity index (χ0v) is 12.7. The molecule has 1 heterocycles. The molecule has 0 spiro atoms. The molecule has 1 aliphatic carbocycles. The third-order valence-corrected chi connectivity index (χ3v) is 4.59. The average Bonchev–Trinajstić information content (AvgIpc) is 2.87. The summed E-state index contributed by atoms with van der Waals surface area (Å²) < 4.78 is -0.934. The van der Waals surface area contributed by atoms with Crippen molar-refractivity contribution in [3.05, 3.63) is 23.9 Å². The van der Waals surface area contributed by atoms with E-state index in [9.17, 15) is 4.79 Å². The number of nitrogens with one attached hydrogen (secondary N) is 1. The summed E-state index contributed by atoms with van der Waals surface area (Å²) in [5.74, 6) is 0.720. The molecule has 104 valence electrons. The van der Waals surface area contributed by atoms with Crippen LogP contribution in [-0.2, 0) is 11.3 Å². The standard InChI is InChI=1S/C13H17Cl2N3O/c1-12(8-13(12,14)15)11(19)17-7-9-5-4-6-16-10(9)18(2)3/h4-6H,7-8H2,1-3H3,(H,17,19). The quantitative estimate of drug-likeness (QED) is 0.868. The molecule has 0 aromatic carbocycles. The summed E-state index contributed by atoms with van der Waals surface area (Å²) in [7, 11) is 3.83. The van der Waals surface area contributed by atoms with Gasteiger partial charge in [0, 0.05) is 32.4 Å². The van der Waals surface area contributed by atoms with Crippen LogP contribution in [0.3, 0.4) is 0 Å². The number of nitrogens with zero attached hydrogens (tertiary/aromatic N) is 2. The third-order valence-electron chi connectivity index (χ3n) is 3.49. The Balaban J connectivity index is 2.02. The van der Waals surface area contributed by atoms with Gasteiger partial charge in [-0.1, -0.05) is 6.07 Å². The second kappa shape index (κ2) is 4.84. The first-order chi connectivity index (χ1) is 8.78. The van der Waals surface area contributed by atoms with E-state index in [2.05, 4.69) is 10.3 Å². The van der Waals surface area contributed by atoms with Gasteiger partial charge in [0.1, 0.15) is 10.2 Å². The van der Waals surface area contributed by atoms with Gasteiger partial charge in [0.25, 0.3) is 0 Å². The Morgan fingerprint density at radius 3 is 2.68 bits per heavy atom. The Kier molecular flexibility index (Phi) is 3.67. The highest BCUT2D eigenvalue weighted by atomic mass is 35.5. The zero-order chi connectivity index (χ0) is 14.3. The van der Waals surface area contributed by atoms with Crippen molar-refractivity contribution < 1.29 is 4.79 Å². The maximum atomic E-state index is 12.1. The van der Waals surface area contributed by atoms with Crippen LogP contribution in [0.4, 0.5) is 5.82 Å². The molecule has 1 amide bonds. The molecule has 2 rings (SSSR count). The van der Waals surface area contributed by atoms with Crippen molar-refractivity contribution in [2.45, 2.75) is 24.2 Å². The van der Waals surface area contributed by atoms with Gasteiger partial charge in [0.05, 0.1) is 5.41 Å². The molecule has 1 atom stereocenters. The fourth-order valence-electron chi connectivity index (χ4n) is 1.99. The molecule has 6 heteroatoms. The molecular formula is C13H17Cl2N3O. The Hall–Kier alpha value is -1.000. The number of hydrogen-bond acceptors (Lipinski definition) is 3. The van der Waals surface area contributed by atoms with E-state index in [1.165, 1.54) is 0 Å². The molecule has 1 unspecified atom stereocenters. The molecule has 0 saturated heterocycles. The van der Waals surface area contributed by atoms with Crippen LogP contribution >= 0.6 is 23.2 Å². The summed E-state index contributed by atoms with van der Waals surface area (Å²) in [4.78, 5) is 18.3. The van der Waals surface area contributed by atoms with Crippen LogP contribution in [0.25, 0.3) is 0 Å². The second-order valence-electron chi connectivity index (χ2n) is 5.28. The highest BCUT2D eigenvalue weighted by Crippen LogP contribution is 2.63. The molecule has 1 aliphatic rings. The molecule has 0 radical (unpaired) electrons. The maximum absolute atomic E-state index is 12.1. The number of alkyl halides is 2. The van der Waals surface area contributed by atoms with E-state index in [1.807, 2.05) is 31.1 Å². The van der Waals surface area contributed by atoms with Crippen molar-refractivity contribution in [1.82, 2.24) is 10.3 Å². The number of carbonyl (C=O) groups is 1. The largest absolute Gasteiger partial charge is 0.362 e. The lowest BCUT2D eigenvalue weighted by Gasteiger charge is -2.17. The van der Waals surface area contributed by atoms with E-state index in [1.54, 1.807) is 13.1 Å². The molecule has 1 saturated carbocycles. The number of halogens is 2. The van der Waals surface area contributed by atoms with Gasteiger partial charge in [-0.25, -0.2) is 4.98 Å². The number of anilines is 1. The van der Waals surface area contributed by atoms with Crippen LogP contribution in [-0.4, -0.2) is 29.3 Å². The number of carbonyl (C=O) groups excluding carboxylic acids is 1. The van der Waals surface area contributed by atoms with Crippen molar-refractivity contribution in [2.75, 3.05) is 19.0 Å². The lowest BCUT2D eigenvalue weighted by Crippen LogP contribution is -2.33. The summed E-state index contributed by atoms with van der Waals surface area (Å²) in [6, 6.07) is 3.78. The summed E-state index contributed by atoms with van der Waals surface area (Å²) in [6.45, 7) is 2.19. The Bertz CT molecular complexity index is 504. The van der Waals surface area contributed by atoms with Gasteiger partial charge in [-0.3, -0.25) is 4.79 Å². The first-order valence-electron chi connectivity index (χ1n) is 6.05. The van der Waals surface area contributed by atoms with E-state index in [0.717, 1.165) is 11.4 Å². The van der Waals surface area contributed by atoms with E-state index in [0.29, 0.717) is 13.0 Å². The number of amides is 1. The van der Waals surface area contributed by atoms with Gasteiger partial charge in [0.15, 0.2) is 0 Å². The number of aromatic nitrogens is 1. The number of pyridine rings is 1. The summed E-state index contributed by atoms with van der Waals surface area (Å²) >= 11 is 12.0. The molecule has 0 aliphatic heterocycles. The van der Waals surface area contributed by atoms with Gasteiger partial charge in [0.2, 0.25) is 5.91 Å². The van der Waals surface area contributed by atoms with E-state index >= 15 is 0 Å². The van der Waals surface area contributed by atoms with Crippen molar-refractivity contribution in [3.8, 4) is 0 Å². The highest BCUT2D eigenvalue weighted by Gasteiger charge is 2.67. The summed E-state index contributed by atoms with van der Waals surface area (Å²) in [6.07, 6.45) is 2.22. The Morgan fingerprint density at radius 2 is 2.16 bits per heavy atom. The second-order valence-corrected chi connectivity index (χ2v) is 6.76. The molecule has 1 fully saturated rings. The molecule has 0 bridgehead atoms. The van der Waals surface area contributed by atoms with Crippen molar-refractivity contribution in [1.29, 1.82) is 0 Å². The maximum Gasteiger partial charge on any atom is 0.229 e. The molecule has 1 aromatic rings. The van der Waals surface area contributed by atoms with E-state index < -0.39 is 9.75 Å². The van der Waals surface area contributed by atoms with Crippen molar-refractivity contribution in [3.63, 3.8) is 0 Å². The third kappa shape index (κ3) is 2.65. The minimum absolute atomic E-state index is 0.119. The zero-order valence-electron chi connectivity index (χ0n) is 11.2. The fourth-order valence-corrected chi connectivity index (χ4v) is 2.69. The summed E-state index contributed by atoms with van der Waals surface area (Å²) in [5, 5.41) is 2.88. The van der Waals surface area contributed by atoms with Gasteiger partial charge in [-0.05, 0) is 19.4 Å². The fraction of sp³-hybridized carbons (Fsp3) is 0.538. The van der Waals surface area contributed by atoms with Gasteiger partial charge >= 0.3 is 0 Å². The highest BCUT2D eigenvalue weighted by molar-refractivity contribution is 6.53. The first-order valence-corrected chi connectivity index (χ1v) is 6.81. The van der Waals surface area contributed by atoms with Gasteiger partial charge < -0.3 is 10.2 Å². The first kappa shape index (κ1) is 14.4. The predicted octanol–water partition coefficient (Wildman–Crippen LogP) is 2.35. The van der Waals surface area contributed by atoms with E-state index in [-0.39, 0.29) is 5.91 Å². The number of hydrogen-bond donors (Lipinski definition) is 1. The van der Waals surface area contributed by atoms with E-state index in [4.69, 9.17) is 23.2 Å². The molecule has 19 heavy (non-hydrogen) atoms. The Labute approximate surface area is 123 Å². The van der Waals surface area contributed by atoms with Crippen LogP contribution in [0.2, 0.25) is 0 Å². The normalized spacial score (nSPS) is 23.8. The monoisotopic (exact) mass is 301 g/mol. The summed E-state index contributed by atoms with van der Waals surface area (Å²) in [5.41, 5.74) is 0.274. The topological polar surface area (TPSA) is 45.2 Å². The smallest absolute Gasteiger partial charge is 0.229 e. The molecule has 4 nitrogen and oxygen atoms in total. The SMILES string of the molecule is CN(C)c1ncccc1CNC(=O)C1(C)CC1(Cl)Cl.